The largest absolute Gasteiger partial charge is 0.370 e. The zero-order chi connectivity index (χ0) is 19.3. The summed E-state index contributed by atoms with van der Waals surface area (Å²) in [5, 5.41) is 14.4. The summed E-state index contributed by atoms with van der Waals surface area (Å²) < 4.78 is 2.00. The van der Waals surface area contributed by atoms with Crippen LogP contribution in [0.4, 0.5) is 5.69 Å². The smallest absolute Gasteiger partial charge is 0.191 e. The van der Waals surface area contributed by atoms with Crippen LogP contribution in [0.2, 0.25) is 0 Å². The number of benzene rings is 1. The highest BCUT2D eigenvalue weighted by Crippen LogP contribution is 2.14. The molecule has 2 aromatic rings. The second-order valence-electron chi connectivity index (χ2n) is 6.51. The Balaban J connectivity index is 1.73. The van der Waals surface area contributed by atoms with Crippen molar-refractivity contribution in [2.45, 2.75) is 40.2 Å². The number of unbranched alkanes of at least 4 members (excludes halogenated alkanes) is 1. The summed E-state index contributed by atoms with van der Waals surface area (Å²) in [4.78, 5) is 7.05. The Morgan fingerprint density at radius 2 is 1.96 bits per heavy atom. The number of nitrogens with zero attached hydrogens (tertiary/aromatic N) is 5. The van der Waals surface area contributed by atoms with E-state index in [1.807, 2.05) is 4.57 Å². The number of likely N-dealkylation sites (N-methyl/N-ethyl adjacent to an activating group) is 1. The van der Waals surface area contributed by atoms with Gasteiger partial charge in [0.2, 0.25) is 0 Å². The lowest BCUT2D eigenvalue weighted by atomic mass is 10.2. The zero-order valence-electron chi connectivity index (χ0n) is 16.9. The summed E-state index contributed by atoms with van der Waals surface area (Å²) in [7, 11) is 0. The average Bonchev–Trinajstić information content (AvgIpc) is 3.18. The molecule has 0 aliphatic heterocycles. The second kappa shape index (κ2) is 11.9. The Hall–Kier alpha value is -2.57. The van der Waals surface area contributed by atoms with Crippen molar-refractivity contribution >= 4 is 11.6 Å². The molecule has 1 aromatic heterocycles. The third-order valence-corrected chi connectivity index (χ3v) is 4.33. The second-order valence-corrected chi connectivity index (χ2v) is 6.51. The van der Waals surface area contributed by atoms with Crippen LogP contribution in [0.5, 0.6) is 0 Å². The summed E-state index contributed by atoms with van der Waals surface area (Å²) in [6.07, 6.45) is 5.61. The normalized spacial score (nSPS) is 11.4. The van der Waals surface area contributed by atoms with Gasteiger partial charge < -0.3 is 20.1 Å². The predicted molar refractivity (Wildman–Crippen MR) is 112 cm³/mol. The van der Waals surface area contributed by atoms with Crippen LogP contribution < -0.4 is 15.5 Å². The highest BCUT2D eigenvalue weighted by atomic mass is 15.2. The minimum absolute atomic E-state index is 0.812. The third kappa shape index (κ3) is 7.68. The highest BCUT2D eigenvalue weighted by molar-refractivity contribution is 5.79. The molecule has 0 atom stereocenters. The number of aryl methyl sites for hydroxylation is 2. The van der Waals surface area contributed by atoms with E-state index in [-0.39, 0.29) is 0 Å². The van der Waals surface area contributed by atoms with Crippen LogP contribution in [0.3, 0.4) is 0 Å². The average molecular weight is 372 g/mol. The van der Waals surface area contributed by atoms with Crippen molar-refractivity contribution in [2.24, 2.45) is 4.99 Å². The minimum atomic E-state index is 0.812. The van der Waals surface area contributed by atoms with Gasteiger partial charge in [0.25, 0.3) is 0 Å². The van der Waals surface area contributed by atoms with Crippen LogP contribution in [0.15, 0.2) is 41.9 Å². The fourth-order valence-corrected chi connectivity index (χ4v) is 2.88. The van der Waals surface area contributed by atoms with Gasteiger partial charge in [0.1, 0.15) is 12.7 Å². The lowest BCUT2D eigenvalue weighted by molar-refractivity contribution is 0.611. The number of aromatic nitrogens is 3. The van der Waals surface area contributed by atoms with Crippen molar-refractivity contribution in [3.8, 4) is 0 Å². The molecule has 0 bridgehead atoms. The van der Waals surface area contributed by atoms with Crippen molar-refractivity contribution < 1.29 is 0 Å². The predicted octanol–water partition coefficient (Wildman–Crippen LogP) is 2.45. The molecule has 0 fully saturated rings. The van der Waals surface area contributed by atoms with Crippen molar-refractivity contribution in [3.63, 3.8) is 0 Å². The van der Waals surface area contributed by atoms with Gasteiger partial charge in [0.05, 0.1) is 0 Å². The molecule has 7 heteroatoms. The van der Waals surface area contributed by atoms with E-state index in [1.165, 1.54) is 11.3 Å². The zero-order valence-corrected chi connectivity index (χ0v) is 16.9. The maximum Gasteiger partial charge on any atom is 0.191 e. The van der Waals surface area contributed by atoms with Gasteiger partial charge in [0, 0.05) is 45.0 Å². The SMILES string of the molecule is CCNC(=NCCCCn1cnnc1)NCCN(CC)c1cccc(C)c1. The van der Waals surface area contributed by atoms with Crippen molar-refractivity contribution in [2.75, 3.05) is 37.6 Å². The molecule has 27 heavy (non-hydrogen) atoms. The number of guanidine groups is 1. The van der Waals surface area contributed by atoms with Crippen LogP contribution >= 0.6 is 0 Å². The van der Waals surface area contributed by atoms with Gasteiger partial charge in [-0.1, -0.05) is 12.1 Å². The van der Waals surface area contributed by atoms with Crippen molar-refractivity contribution in [1.82, 2.24) is 25.4 Å². The number of aliphatic imine (C=N–C) groups is 1. The van der Waals surface area contributed by atoms with Crippen LogP contribution in [0.1, 0.15) is 32.3 Å². The van der Waals surface area contributed by atoms with Crippen LogP contribution in [0.25, 0.3) is 0 Å². The Morgan fingerprint density at radius 1 is 1.15 bits per heavy atom. The monoisotopic (exact) mass is 371 g/mol. The molecule has 0 aliphatic carbocycles. The highest BCUT2D eigenvalue weighted by Gasteiger charge is 2.05. The Labute approximate surface area is 162 Å². The molecule has 2 N–H and O–H groups in total. The van der Waals surface area contributed by atoms with E-state index in [4.69, 9.17) is 0 Å². The Morgan fingerprint density at radius 3 is 2.67 bits per heavy atom. The van der Waals surface area contributed by atoms with E-state index in [0.29, 0.717) is 0 Å². The molecule has 0 aliphatic rings. The summed E-state index contributed by atoms with van der Waals surface area (Å²) in [5.74, 6) is 0.891. The molecule has 0 radical (unpaired) electrons. The lowest BCUT2D eigenvalue weighted by Gasteiger charge is -2.24. The summed E-state index contributed by atoms with van der Waals surface area (Å²) in [5.41, 5.74) is 2.57. The number of hydrogen-bond acceptors (Lipinski definition) is 4. The molecule has 1 aromatic carbocycles. The molecule has 0 saturated heterocycles. The maximum absolute atomic E-state index is 4.68. The maximum atomic E-state index is 4.68. The fourth-order valence-electron chi connectivity index (χ4n) is 2.88. The number of rotatable bonds is 11. The van der Waals surface area contributed by atoms with Gasteiger partial charge in [0.15, 0.2) is 5.96 Å². The van der Waals surface area contributed by atoms with Crippen molar-refractivity contribution in [3.05, 3.63) is 42.5 Å². The van der Waals surface area contributed by atoms with Gasteiger partial charge in [-0.15, -0.1) is 10.2 Å². The topological polar surface area (TPSA) is 70.4 Å². The van der Waals surface area contributed by atoms with E-state index in [1.54, 1.807) is 12.7 Å². The number of anilines is 1. The number of hydrogen-bond donors (Lipinski definition) is 2. The molecule has 0 unspecified atom stereocenters. The van der Waals surface area contributed by atoms with E-state index in [9.17, 15) is 0 Å². The molecule has 7 nitrogen and oxygen atoms in total. The number of nitrogens with one attached hydrogen (secondary N) is 2. The first-order valence-electron chi connectivity index (χ1n) is 9.89. The fraction of sp³-hybridized carbons (Fsp3) is 0.550. The first-order chi connectivity index (χ1) is 13.2. The quantitative estimate of drug-likeness (QED) is 0.361. The molecule has 148 valence electrons. The molecule has 0 saturated carbocycles. The van der Waals surface area contributed by atoms with Gasteiger partial charge in [-0.05, 0) is 51.3 Å². The van der Waals surface area contributed by atoms with Gasteiger partial charge in [-0.2, -0.15) is 0 Å². The molecule has 0 spiro atoms. The van der Waals surface area contributed by atoms with Crippen LogP contribution in [-0.4, -0.2) is 53.4 Å². The van der Waals surface area contributed by atoms with E-state index >= 15 is 0 Å². The van der Waals surface area contributed by atoms with E-state index in [2.05, 4.69) is 75.8 Å². The van der Waals surface area contributed by atoms with Gasteiger partial charge >= 0.3 is 0 Å². The molecule has 2 rings (SSSR count). The molecule has 1 heterocycles. The Kier molecular flexibility index (Phi) is 9.17. The van der Waals surface area contributed by atoms with Gasteiger partial charge in [-0.25, -0.2) is 0 Å². The van der Waals surface area contributed by atoms with Gasteiger partial charge in [-0.3, -0.25) is 4.99 Å². The molecule has 0 amide bonds. The van der Waals surface area contributed by atoms with E-state index in [0.717, 1.165) is 58.1 Å². The lowest BCUT2D eigenvalue weighted by Crippen LogP contribution is -2.41. The van der Waals surface area contributed by atoms with E-state index < -0.39 is 0 Å². The first kappa shape index (κ1) is 20.7. The first-order valence-corrected chi connectivity index (χ1v) is 9.89. The van der Waals surface area contributed by atoms with Crippen LogP contribution in [-0.2, 0) is 6.54 Å². The Bertz CT molecular complexity index is 667. The summed E-state index contributed by atoms with van der Waals surface area (Å²) in [6.45, 7) is 11.8. The third-order valence-electron chi connectivity index (χ3n) is 4.33. The molecular formula is C20H33N7. The van der Waals surface area contributed by atoms with Crippen molar-refractivity contribution in [1.29, 1.82) is 0 Å². The standard InChI is InChI=1S/C20H33N7/c1-4-21-20(22-11-6-7-13-26-16-24-25-17-26)23-12-14-27(5-2)19-10-8-9-18(3)15-19/h8-10,15-17H,4-7,11-14H2,1-3H3,(H2,21,22,23). The minimum Gasteiger partial charge on any atom is -0.370 e. The summed E-state index contributed by atoms with van der Waals surface area (Å²) >= 11 is 0. The van der Waals surface area contributed by atoms with Crippen LogP contribution in [0, 0.1) is 6.92 Å². The summed E-state index contributed by atoms with van der Waals surface area (Å²) in [6, 6.07) is 8.66. The molecular weight excluding hydrogens is 338 g/mol.